The van der Waals surface area contributed by atoms with E-state index in [4.69, 9.17) is 5.53 Å². The van der Waals surface area contributed by atoms with Gasteiger partial charge in [-0.05, 0) is 0 Å². The van der Waals surface area contributed by atoms with Gasteiger partial charge in [0.05, 0.1) is 13.1 Å². The first-order valence-electron chi connectivity index (χ1n) is 7.99. The fraction of sp³-hybridized carbons (Fsp3) is 0.400. The van der Waals surface area contributed by atoms with Gasteiger partial charge >= 0.3 is 0 Å². The topological polar surface area (TPSA) is 235 Å². The van der Waals surface area contributed by atoms with Gasteiger partial charge < -0.3 is 5.32 Å². The molecule has 4 rings (SSSR count). The molecule has 0 radical (unpaired) electrons. The second-order valence-corrected chi connectivity index (χ2v) is 5.27. The Morgan fingerprint density at radius 3 is 2.00 bits per heavy atom. The summed E-state index contributed by atoms with van der Waals surface area (Å²) in [5, 5.41) is 49.7. The maximum atomic E-state index is 6.81. The highest BCUT2D eigenvalue weighted by molar-refractivity contribution is 5.45. The molecule has 18 heteroatoms. The Hall–Kier alpha value is -4.22. The molecule has 144 valence electrons. The largest absolute Gasteiger partial charge is 0.313 e. The van der Waals surface area contributed by atoms with E-state index in [-0.39, 0.29) is 35.7 Å². The number of aromatic nitrogens is 10. The van der Waals surface area contributed by atoms with Gasteiger partial charge in [0.15, 0.2) is 0 Å². The van der Waals surface area contributed by atoms with Gasteiger partial charge in [-0.15, -0.1) is 35.7 Å². The van der Waals surface area contributed by atoms with Gasteiger partial charge in [-0.1, -0.05) is 10.3 Å². The SMILES string of the molecule is N=Nc1n[nH]c(Nc2nnc(Nc3nc(/N=N/N4CCNCC4)n[nH]3)nn2)n1. The summed E-state index contributed by atoms with van der Waals surface area (Å²) >= 11 is 0. The Balaban J connectivity index is 1.33. The second kappa shape index (κ2) is 7.99. The molecular weight excluding hydrogens is 372 g/mol. The highest BCUT2D eigenvalue weighted by Gasteiger charge is 2.10. The van der Waals surface area contributed by atoms with E-state index in [2.05, 4.69) is 82.2 Å². The van der Waals surface area contributed by atoms with Crippen LogP contribution >= 0.6 is 0 Å². The number of hydrogen-bond acceptors (Lipinski definition) is 15. The number of anilines is 4. The first kappa shape index (κ1) is 17.2. The maximum absolute atomic E-state index is 6.81. The minimum Gasteiger partial charge on any atom is -0.313 e. The fourth-order valence-corrected chi connectivity index (χ4v) is 2.10. The maximum Gasteiger partial charge on any atom is 0.290 e. The monoisotopic (exact) mass is 386 g/mol. The van der Waals surface area contributed by atoms with Crippen LogP contribution in [0.1, 0.15) is 0 Å². The van der Waals surface area contributed by atoms with E-state index in [1.165, 1.54) is 0 Å². The quantitative estimate of drug-likeness (QED) is 0.283. The lowest BCUT2D eigenvalue weighted by molar-refractivity contribution is 0.236. The zero-order chi connectivity index (χ0) is 19.2. The van der Waals surface area contributed by atoms with Crippen LogP contribution in [0.2, 0.25) is 0 Å². The van der Waals surface area contributed by atoms with Crippen LogP contribution in [-0.4, -0.2) is 81.9 Å². The van der Waals surface area contributed by atoms with E-state index in [0.29, 0.717) is 0 Å². The van der Waals surface area contributed by atoms with Gasteiger partial charge in [0.1, 0.15) is 0 Å². The van der Waals surface area contributed by atoms with E-state index < -0.39 is 0 Å². The van der Waals surface area contributed by atoms with Crippen LogP contribution in [0, 0.1) is 5.53 Å². The van der Waals surface area contributed by atoms with Crippen molar-refractivity contribution in [3.8, 4) is 0 Å². The lowest BCUT2D eigenvalue weighted by Gasteiger charge is -2.22. The van der Waals surface area contributed by atoms with Crippen LogP contribution in [0.3, 0.4) is 0 Å². The fourth-order valence-electron chi connectivity index (χ4n) is 2.10. The van der Waals surface area contributed by atoms with E-state index >= 15 is 0 Å². The number of nitrogens with one attached hydrogen (secondary N) is 6. The van der Waals surface area contributed by atoms with Crippen LogP contribution in [0.15, 0.2) is 15.5 Å². The van der Waals surface area contributed by atoms with Crippen LogP contribution in [-0.2, 0) is 0 Å². The average molecular weight is 386 g/mol. The van der Waals surface area contributed by atoms with Crippen molar-refractivity contribution >= 4 is 35.7 Å². The standard InChI is InChI=1S/C10H14N18/c11-17-7-13-5(18-20-7)14-8-21-23-9(24-22-8)15-6-16-10(25-19-6)26-27-28-3-1-12-2-4-28/h11-12H,1-4H2,(H2,13,14,18,20,21,22)(H2,15,16,19,23,24,25)/b17-11?,27-26+. The molecule has 0 aromatic carbocycles. The molecule has 0 saturated carbocycles. The Kier molecular flexibility index (Phi) is 4.91. The zero-order valence-electron chi connectivity index (χ0n) is 14.2. The van der Waals surface area contributed by atoms with Crippen molar-refractivity contribution in [2.75, 3.05) is 36.8 Å². The van der Waals surface area contributed by atoms with E-state index in [0.717, 1.165) is 26.2 Å². The summed E-state index contributed by atoms with van der Waals surface area (Å²) in [5.41, 5.74) is 6.81. The molecule has 0 spiro atoms. The van der Waals surface area contributed by atoms with Gasteiger partial charge in [0, 0.05) is 13.1 Å². The molecule has 0 aliphatic carbocycles. The van der Waals surface area contributed by atoms with Crippen molar-refractivity contribution in [3.63, 3.8) is 0 Å². The lowest BCUT2D eigenvalue weighted by Crippen LogP contribution is -2.40. The molecule has 0 atom stereocenters. The smallest absolute Gasteiger partial charge is 0.290 e. The molecule has 1 saturated heterocycles. The molecular formula is C10H14N18. The molecule has 1 fully saturated rings. The van der Waals surface area contributed by atoms with Crippen molar-refractivity contribution < 1.29 is 0 Å². The minimum atomic E-state index is -0.0306. The predicted octanol–water partition coefficient (Wildman–Crippen LogP) is -0.444. The van der Waals surface area contributed by atoms with Crippen LogP contribution in [0.25, 0.3) is 0 Å². The molecule has 6 N–H and O–H groups in total. The van der Waals surface area contributed by atoms with E-state index in [1.807, 2.05) is 5.01 Å². The molecule has 0 amide bonds. The molecule has 0 unspecified atom stereocenters. The number of aromatic amines is 2. The first-order valence-corrected chi connectivity index (χ1v) is 7.99. The molecule has 28 heavy (non-hydrogen) atoms. The van der Waals surface area contributed by atoms with Crippen molar-refractivity contribution in [1.29, 1.82) is 5.53 Å². The van der Waals surface area contributed by atoms with Crippen LogP contribution in [0.5, 0.6) is 0 Å². The molecule has 18 nitrogen and oxygen atoms in total. The summed E-state index contributed by atoms with van der Waals surface area (Å²) < 4.78 is 0. The Bertz CT molecular complexity index is 933. The van der Waals surface area contributed by atoms with Gasteiger partial charge in [-0.25, -0.2) is 15.7 Å². The summed E-state index contributed by atoms with van der Waals surface area (Å²) in [4.78, 5) is 7.94. The van der Waals surface area contributed by atoms with Crippen molar-refractivity contribution in [2.24, 2.45) is 15.5 Å². The molecule has 0 bridgehead atoms. The summed E-state index contributed by atoms with van der Waals surface area (Å²) in [6, 6.07) is 0. The van der Waals surface area contributed by atoms with Gasteiger partial charge in [-0.3, -0.25) is 15.6 Å². The summed E-state index contributed by atoms with van der Waals surface area (Å²) in [6.45, 7) is 3.27. The third-order valence-corrected chi connectivity index (χ3v) is 3.34. The zero-order valence-corrected chi connectivity index (χ0v) is 14.2. The molecule has 4 heterocycles. The third kappa shape index (κ3) is 4.30. The Labute approximate surface area is 155 Å². The minimum absolute atomic E-state index is 0.0306. The Morgan fingerprint density at radius 1 is 0.857 bits per heavy atom. The first-order chi connectivity index (χ1) is 13.8. The highest BCUT2D eigenvalue weighted by Crippen LogP contribution is 2.13. The van der Waals surface area contributed by atoms with Crippen molar-refractivity contribution in [2.45, 2.75) is 0 Å². The molecule has 1 aliphatic heterocycles. The second-order valence-electron chi connectivity index (χ2n) is 5.27. The number of hydrogen-bond donors (Lipinski definition) is 6. The summed E-state index contributed by atoms with van der Waals surface area (Å²) in [5.74, 6) is 0.756. The van der Waals surface area contributed by atoms with Gasteiger partial charge in [0.2, 0.25) is 11.9 Å². The van der Waals surface area contributed by atoms with E-state index in [1.54, 1.807) is 0 Å². The number of H-pyrrole nitrogens is 2. The number of piperazine rings is 1. The highest BCUT2D eigenvalue weighted by atomic mass is 15.6. The molecule has 3 aromatic heterocycles. The number of nitrogens with zero attached hydrogens (tertiary/aromatic N) is 12. The average Bonchev–Trinajstić information content (AvgIpc) is 3.38. The summed E-state index contributed by atoms with van der Waals surface area (Å²) in [6.07, 6.45) is 0. The summed E-state index contributed by atoms with van der Waals surface area (Å²) in [7, 11) is 0. The van der Waals surface area contributed by atoms with E-state index in [9.17, 15) is 0 Å². The number of rotatable bonds is 7. The molecule has 3 aromatic rings. The predicted molar refractivity (Wildman–Crippen MR) is 90.7 cm³/mol. The molecule has 1 aliphatic rings. The van der Waals surface area contributed by atoms with Crippen LogP contribution in [0.4, 0.5) is 35.7 Å². The van der Waals surface area contributed by atoms with Crippen LogP contribution < -0.4 is 16.0 Å². The third-order valence-electron chi connectivity index (χ3n) is 3.34. The van der Waals surface area contributed by atoms with Gasteiger partial charge in [0.25, 0.3) is 23.8 Å². The normalized spacial score (nSPS) is 14.4. The van der Waals surface area contributed by atoms with Crippen molar-refractivity contribution in [3.05, 3.63) is 0 Å². The Morgan fingerprint density at radius 2 is 1.43 bits per heavy atom. The lowest BCUT2D eigenvalue weighted by atomic mass is 10.4. The van der Waals surface area contributed by atoms with Crippen molar-refractivity contribution in [1.82, 2.24) is 61.1 Å². The van der Waals surface area contributed by atoms with Gasteiger partial charge in [-0.2, -0.15) is 9.97 Å².